The van der Waals surface area contributed by atoms with Crippen molar-refractivity contribution in [2.24, 2.45) is 0 Å². The van der Waals surface area contributed by atoms with Crippen molar-refractivity contribution >= 4 is 22.8 Å². The zero-order valence-corrected chi connectivity index (χ0v) is 17.7. The molecule has 1 aromatic heterocycles. The van der Waals surface area contributed by atoms with Crippen molar-refractivity contribution in [3.05, 3.63) is 102 Å². The van der Waals surface area contributed by atoms with Gasteiger partial charge in [0.15, 0.2) is 0 Å². The monoisotopic (exact) mass is 428 g/mol. The fourth-order valence-electron chi connectivity index (χ4n) is 3.42. The molecule has 3 aromatic carbocycles. The predicted octanol–water partition coefficient (Wildman–Crippen LogP) is 4.71. The van der Waals surface area contributed by atoms with E-state index < -0.39 is 17.8 Å². The van der Waals surface area contributed by atoms with E-state index >= 15 is 0 Å². The topological polar surface area (TPSA) is 69.6 Å². The zero-order chi connectivity index (χ0) is 22.3. The van der Waals surface area contributed by atoms with Gasteiger partial charge < -0.3 is 14.1 Å². The molecule has 6 heteroatoms. The maximum Gasteiger partial charge on any atom is 0.339 e. The van der Waals surface area contributed by atoms with Crippen LogP contribution in [0.3, 0.4) is 0 Å². The summed E-state index contributed by atoms with van der Waals surface area (Å²) in [5.74, 6) is -0.817. The van der Waals surface area contributed by atoms with E-state index in [0.29, 0.717) is 12.2 Å². The van der Waals surface area contributed by atoms with Gasteiger partial charge in [0.25, 0.3) is 5.91 Å². The summed E-state index contributed by atoms with van der Waals surface area (Å²) in [6.07, 6.45) is 2.06. The molecule has 0 aliphatic heterocycles. The van der Waals surface area contributed by atoms with E-state index in [2.05, 4.69) is 34.4 Å². The molecule has 0 radical (unpaired) electrons. The predicted molar refractivity (Wildman–Crippen MR) is 122 cm³/mol. The lowest BCUT2D eigenvalue weighted by atomic mass is 10.0. The van der Waals surface area contributed by atoms with Gasteiger partial charge in [0.05, 0.1) is 12.5 Å². The molecule has 1 heterocycles. The number of ether oxygens (including phenoxy) is 1. The molecule has 0 aliphatic rings. The largest absolute Gasteiger partial charge is 0.492 e. The van der Waals surface area contributed by atoms with Crippen LogP contribution in [-0.4, -0.2) is 23.1 Å². The maximum absolute atomic E-state index is 12.3. The number of hydrogen-bond acceptors (Lipinski definition) is 4. The number of carbonyl (C=O) groups is 2. The van der Waals surface area contributed by atoms with Gasteiger partial charge in [0, 0.05) is 17.3 Å². The average molecular weight is 428 g/mol. The van der Waals surface area contributed by atoms with Crippen LogP contribution in [0.5, 0.6) is 5.75 Å². The Balaban J connectivity index is 1.27. The number of nitrogens with one attached hydrogen (secondary N) is 1. The Morgan fingerprint density at radius 3 is 2.41 bits per heavy atom. The summed E-state index contributed by atoms with van der Waals surface area (Å²) in [5, 5.41) is 1.21. The van der Waals surface area contributed by atoms with Gasteiger partial charge >= 0.3 is 5.97 Å². The van der Waals surface area contributed by atoms with Crippen molar-refractivity contribution in [1.82, 2.24) is 10.0 Å². The van der Waals surface area contributed by atoms with Crippen LogP contribution in [0.2, 0.25) is 0 Å². The minimum Gasteiger partial charge on any atom is -0.492 e. The Morgan fingerprint density at radius 2 is 1.62 bits per heavy atom. The van der Waals surface area contributed by atoms with Crippen molar-refractivity contribution in [2.45, 2.75) is 19.4 Å². The first-order chi connectivity index (χ1) is 15.6. The molecule has 1 N–H and O–H groups in total. The summed E-state index contributed by atoms with van der Waals surface area (Å²) >= 11 is 0. The summed E-state index contributed by atoms with van der Waals surface area (Å²) in [6.45, 7) is 2.99. The number of para-hydroxylation sites is 1. The molecule has 1 atom stereocenters. The van der Waals surface area contributed by atoms with Gasteiger partial charge in [-0.05, 0) is 54.3 Å². The molecule has 0 saturated heterocycles. The Kier molecular flexibility index (Phi) is 6.51. The highest BCUT2D eigenvalue weighted by Crippen LogP contribution is 2.21. The lowest BCUT2D eigenvalue weighted by Gasteiger charge is -2.13. The van der Waals surface area contributed by atoms with Crippen molar-refractivity contribution in [1.29, 1.82) is 0 Å². The van der Waals surface area contributed by atoms with E-state index in [4.69, 9.17) is 9.57 Å². The molecule has 0 saturated carbocycles. The molecule has 32 heavy (non-hydrogen) atoms. The van der Waals surface area contributed by atoms with Gasteiger partial charge in [-0.2, -0.15) is 5.48 Å². The minimum atomic E-state index is -0.539. The van der Waals surface area contributed by atoms with Crippen LogP contribution < -0.4 is 10.2 Å². The number of aromatic nitrogens is 1. The Labute approximate surface area is 186 Å². The molecular formula is C26H24N2O4. The van der Waals surface area contributed by atoms with E-state index in [1.807, 2.05) is 36.4 Å². The Bertz CT molecular complexity index is 1200. The van der Waals surface area contributed by atoms with Gasteiger partial charge in [0.1, 0.15) is 12.4 Å². The number of rotatable bonds is 7. The van der Waals surface area contributed by atoms with Gasteiger partial charge in [0.2, 0.25) is 0 Å². The zero-order valence-electron chi connectivity index (χ0n) is 17.7. The lowest BCUT2D eigenvalue weighted by Crippen LogP contribution is -2.29. The van der Waals surface area contributed by atoms with Crippen LogP contribution >= 0.6 is 0 Å². The number of amides is 1. The van der Waals surface area contributed by atoms with Crippen LogP contribution in [0, 0.1) is 0 Å². The van der Waals surface area contributed by atoms with Gasteiger partial charge in [-0.15, -0.1) is 0 Å². The number of fused-ring (bicyclic) bond motifs is 1. The van der Waals surface area contributed by atoms with E-state index in [-0.39, 0.29) is 0 Å². The van der Waals surface area contributed by atoms with Crippen molar-refractivity contribution in [2.75, 3.05) is 6.61 Å². The second-order valence-electron chi connectivity index (χ2n) is 7.43. The second-order valence-corrected chi connectivity index (χ2v) is 7.43. The van der Waals surface area contributed by atoms with Crippen LogP contribution in [0.25, 0.3) is 10.9 Å². The second kappa shape index (κ2) is 9.83. The van der Waals surface area contributed by atoms with Crippen LogP contribution in [0.4, 0.5) is 0 Å². The molecule has 4 rings (SSSR count). The molecule has 0 spiro atoms. The highest BCUT2D eigenvalue weighted by molar-refractivity contribution is 5.94. The third kappa shape index (κ3) is 4.98. The molecular weight excluding hydrogens is 404 g/mol. The number of hydroxylamine groups is 1. The van der Waals surface area contributed by atoms with E-state index in [0.717, 1.165) is 17.9 Å². The van der Waals surface area contributed by atoms with Crippen molar-refractivity contribution in [3.8, 4) is 5.75 Å². The first-order valence-electron chi connectivity index (χ1n) is 10.4. The molecule has 0 fully saturated rings. The minimum absolute atomic E-state index is 0.419. The molecule has 0 bridgehead atoms. The third-order valence-corrected chi connectivity index (χ3v) is 5.30. The highest BCUT2D eigenvalue weighted by Gasteiger charge is 2.18. The standard InChI is InChI=1S/C26H24N2O4/c1-19(26(30)32-27-25(29)22-8-3-2-4-9-22)20-11-13-23(14-12-20)31-18-17-28-16-15-21-7-5-6-10-24(21)28/h2-16,19H,17-18H2,1H3,(H,27,29)/t19-/m0/s1. The smallest absolute Gasteiger partial charge is 0.339 e. The summed E-state index contributed by atoms with van der Waals surface area (Å²) in [4.78, 5) is 29.3. The van der Waals surface area contributed by atoms with Crippen LogP contribution in [0.1, 0.15) is 28.8 Å². The van der Waals surface area contributed by atoms with Crippen molar-refractivity contribution in [3.63, 3.8) is 0 Å². The van der Waals surface area contributed by atoms with Gasteiger partial charge in [-0.25, -0.2) is 4.79 Å². The van der Waals surface area contributed by atoms with E-state index in [9.17, 15) is 9.59 Å². The number of nitrogens with zero attached hydrogens (tertiary/aromatic N) is 1. The van der Waals surface area contributed by atoms with E-state index in [1.165, 1.54) is 10.9 Å². The highest BCUT2D eigenvalue weighted by atomic mass is 16.7. The lowest BCUT2D eigenvalue weighted by molar-refractivity contribution is -0.150. The van der Waals surface area contributed by atoms with Crippen LogP contribution in [-0.2, 0) is 16.2 Å². The molecule has 6 nitrogen and oxygen atoms in total. The van der Waals surface area contributed by atoms with Crippen molar-refractivity contribution < 1.29 is 19.2 Å². The normalized spacial score (nSPS) is 11.7. The third-order valence-electron chi connectivity index (χ3n) is 5.30. The summed E-state index contributed by atoms with van der Waals surface area (Å²) in [7, 11) is 0. The molecule has 0 unspecified atom stereocenters. The molecule has 1 amide bonds. The SMILES string of the molecule is C[C@H](C(=O)ONC(=O)c1ccccc1)c1ccc(OCCn2ccc3ccccc32)cc1. The Hall–Kier alpha value is -4.06. The fraction of sp³-hybridized carbons (Fsp3) is 0.154. The number of benzene rings is 3. The summed E-state index contributed by atoms with van der Waals surface area (Å²) < 4.78 is 8.02. The molecule has 162 valence electrons. The van der Waals surface area contributed by atoms with Crippen LogP contribution in [0.15, 0.2) is 91.1 Å². The van der Waals surface area contributed by atoms with E-state index in [1.54, 1.807) is 37.3 Å². The Morgan fingerprint density at radius 1 is 0.906 bits per heavy atom. The molecule has 0 aliphatic carbocycles. The molecule has 4 aromatic rings. The first kappa shape index (κ1) is 21.2. The average Bonchev–Trinajstić information content (AvgIpc) is 3.26. The summed E-state index contributed by atoms with van der Waals surface area (Å²) in [6, 6.07) is 26.2. The number of carbonyl (C=O) groups excluding carboxylic acids is 2. The maximum atomic E-state index is 12.3. The van der Waals surface area contributed by atoms with Gasteiger partial charge in [-0.1, -0.05) is 48.5 Å². The summed E-state index contributed by atoms with van der Waals surface area (Å²) in [5.41, 5.74) is 4.57. The number of hydrogen-bond donors (Lipinski definition) is 1. The first-order valence-corrected chi connectivity index (χ1v) is 10.4. The van der Waals surface area contributed by atoms with Gasteiger partial charge in [-0.3, -0.25) is 4.79 Å². The fourth-order valence-corrected chi connectivity index (χ4v) is 3.42. The quantitative estimate of drug-likeness (QED) is 0.433.